The highest BCUT2D eigenvalue weighted by atomic mass is 15.2. The third kappa shape index (κ3) is 2.88. The number of hydrogen-bond acceptors (Lipinski definition) is 2. The van der Waals surface area contributed by atoms with Crippen molar-refractivity contribution in [2.45, 2.75) is 56.9 Å². The van der Waals surface area contributed by atoms with Crippen molar-refractivity contribution in [3.8, 4) is 6.07 Å². The fourth-order valence-electron chi connectivity index (χ4n) is 4.03. The average molecular weight is 268 g/mol. The lowest BCUT2D eigenvalue weighted by atomic mass is 9.82. The van der Waals surface area contributed by atoms with Crippen molar-refractivity contribution < 1.29 is 0 Å². The van der Waals surface area contributed by atoms with E-state index in [1.165, 1.54) is 50.5 Å². The fourth-order valence-corrected chi connectivity index (χ4v) is 4.03. The molecule has 1 saturated carbocycles. The normalized spacial score (nSPS) is 22.7. The first-order valence-electron chi connectivity index (χ1n) is 8.07. The van der Waals surface area contributed by atoms with Gasteiger partial charge in [-0.25, -0.2) is 0 Å². The Morgan fingerprint density at radius 3 is 2.70 bits per heavy atom. The maximum absolute atomic E-state index is 9.13. The summed E-state index contributed by atoms with van der Waals surface area (Å²) in [6, 6.07) is 12.0. The second-order valence-corrected chi connectivity index (χ2v) is 6.31. The summed E-state index contributed by atoms with van der Waals surface area (Å²) in [5, 5.41) is 9.13. The van der Waals surface area contributed by atoms with Gasteiger partial charge in [-0.3, -0.25) is 4.90 Å². The van der Waals surface area contributed by atoms with Crippen LogP contribution in [-0.2, 0) is 6.42 Å². The number of benzene rings is 1. The predicted octanol–water partition coefficient (Wildman–Crippen LogP) is 3.87. The third-order valence-electron chi connectivity index (χ3n) is 5.06. The number of rotatable bonds is 4. The smallest absolute Gasteiger partial charge is 0.0868 e. The van der Waals surface area contributed by atoms with Crippen molar-refractivity contribution in [3.63, 3.8) is 0 Å². The molecule has 0 heterocycles. The molecule has 0 aromatic heterocycles. The molecule has 106 valence electrons. The number of aryl methyl sites for hydroxylation is 1. The van der Waals surface area contributed by atoms with Crippen molar-refractivity contribution in [1.29, 1.82) is 5.26 Å². The zero-order chi connectivity index (χ0) is 13.8. The van der Waals surface area contributed by atoms with Gasteiger partial charge in [0.1, 0.15) is 0 Å². The van der Waals surface area contributed by atoms with Crippen molar-refractivity contribution in [1.82, 2.24) is 4.90 Å². The molecule has 0 saturated heterocycles. The monoisotopic (exact) mass is 268 g/mol. The molecule has 1 aromatic carbocycles. The zero-order valence-electron chi connectivity index (χ0n) is 12.2. The van der Waals surface area contributed by atoms with E-state index in [9.17, 15) is 0 Å². The van der Waals surface area contributed by atoms with Crippen LogP contribution in [0.25, 0.3) is 0 Å². The largest absolute Gasteiger partial charge is 0.287 e. The Kier molecular flexibility index (Phi) is 4.38. The van der Waals surface area contributed by atoms with E-state index in [0.717, 1.165) is 6.54 Å². The van der Waals surface area contributed by atoms with E-state index in [0.29, 0.717) is 18.5 Å². The van der Waals surface area contributed by atoms with Crippen LogP contribution in [0.4, 0.5) is 0 Å². The van der Waals surface area contributed by atoms with Crippen molar-refractivity contribution in [2.24, 2.45) is 0 Å². The van der Waals surface area contributed by atoms with Crippen LogP contribution in [0, 0.1) is 11.3 Å². The molecule has 1 atom stereocenters. The molecule has 2 aliphatic carbocycles. The minimum Gasteiger partial charge on any atom is -0.287 e. The molecule has 0 aliphatic heterocycles. The Bertz CT molecular complexity index is 482. The molecule has 2 nitrogen and oxygen atoms in total. The molecule has 2 aliphatic rings. The quantitative estimate of drug-likeness (QED) is 0.775. The van der Waals surface area contributed by atoms with Crippen LogP contribution in [0.15, 0.2) is 24.3 Å². The second kappa shape index (κ2) is 6.41. The highest BCUT2D eigenvalue weighted by Gasteiger charge is 2.27. The molecule has 3 rings (SSSR count). The van der Waals surface area contributed by atoms with Crippen molar-refractivity contribution >= 4 is 0 Å². The fraction of sp³-hybridized carbons (Fsp3) is 0.611. The molecular weight excluding hydrogens is 244 g/mol. The number of hydrogen-bond donors (Lipinski definition) is 0. The topological polar surface area (TPSA) is 27.0 Å². The van der Waals surface area contributed by atoms with Gasteiger partial charge in [0.15, 0.2) is 0 Å². The van der Waals surface area contributed by atoms with Crippen LogP contribution in [-0.4, -0.2) is 24.0 Å². The molecule has 1 unspecified atom stereocenters. The van der Waals surface area contributed by atoms with Crippen molar-refractivity contribution in [2.75, 3.05) is 13.1 Å². The summed E-state index contributed by atoms with van der Waals surface area (Å²) < 4.78 is 0. The van der Waals surface area contributed by atoms with E-state index in [4.69, 9.17) is 5.26 Å². The maximum Gasteiger partial charge on any atom is 0.0868 e. The SMILES string of the molecule is N#CCN(CC1CCCc2ccccc21)C1CCCC1. The first-order chi connectivity index (χ1) is 9.88. The van der Waals surface area contributed by atoms with Gasteiger partial charge in [0, 0.05) is 12.6 Å². The van der Waals surface area contributed by atoms with E-state index in [2.05, 4.69) is 35.2 Å². The molecule has 0 bridgehead atoms. The van der Waals surface area contributed by atoms with E-state index >= 15 is 0 Å². The van der Waals surface area contributed by atoms with Gasteiger partial charge >= 0.3 is 0 Å². The van der Waals surface area contributed by atoms with Crippen molar-refractivity contribution in [3.05, 3.63) is 35.4 Å². The van der Waals surface area contributed by atoms with Gasteiger partial charge < -0.3 is 0 Å². The molecule has 0 amide bonds. The first kappa shape index (κ1) is 13.6. The third-order valence-corrected chi connectivity index (χ3v) is 5.06. The summed E-state index contributed by atoms with van der Waals surface area (Å²) in [4.78, 5) is 2.46. The summed E-state index contributed by atoms with van der Waals surface area (Å²) in [7, 11) is 0. The minimum atomic E-state index is 0.601. The zero-order valence-corrected chi connectivity index (χ0v) is 12.2. The molecule has 1 fully saturated rings. The van der Waals surface area contributed by atoms with E-state index < -0.39 is 0 Å². The summed E-state index contributed by atoms with van der Waals surface area (Å²) in [6.07, 6.45) is 9.07. The number of nitriles is 1. The summed E-state index contributed by atoms with van der Waals surface area (Å²) in [5.41, 5.74) is 3.08. The van der Waals surface area contributed by atoms with E-state index in [1.54, 1.807) is 5.56 Å². The van der Waals surface area contributed by atoms with Crippen LogP contribution < -0.4 is 0 Å². The lowest BCUT2D eigenvalue weighted by molar-refractivity contribution is 0.203. The lowest BCUT2D eigenvalue weighted by Crippen LogP contribution is -2.37. The summed E-state index contributed by atoms with van der Waals surface area (Å²) >= 11 is 0. The Morgan fingerprint density at radius 2 is 1.90 bits per heavy atom. The molecule has 0 radical (unpaired) electrons. The van der Waals surface area contributed by atoms with Gasteiger partial charge in [-0.05, 0) is 49.1 Å². The van der Waals surface area contributed by atoms with Gasteiger partial charge in [0.05, 0.1) is 12.6 Å². The Balaban J connectivity index is 1.74. The molecule has 1 aromatic rings. The molecular formula is C18H24N2. The van der Waals surface area contributed by atoms with Crippen LogP contribution in [0.5, 0.6) is 0 Å². The molecule has 20 heavy (non-hydrogen) atoms. The maximum atomic E-state index is 9.13. The van der Waals surface area contributed by atoms with Gasteiger partial charge in [0.25, 0.3) is 0 Å². The van der Waals surface area contributed by atoms with Gasteiger partial charge in [-0.15, -0.1) is 0 Å². The number of fused-ring (bicyclic) bond motifs is 1. The predicted molar refractivity (Wildman–Crippen MR) is 81.6 cm³/mol. The second-order valence-electron chi connectivity index (χ2n) is 6.31. The first-order valence-corrected chi connectivity index (χ1v) is 8.07. The highest BCUT2D eigenvalue weighted by molar-refractivity contribution is 5.32. The standard InChI is InChI=1S/C18H24N2/c19-12-13-20(17-9-2-3-10-17)14-16-8-5-7-15-6-1-4-11-18(15)16/h1,4,6,11,16-17H,2-3,5,7-10,13-14H2. The summed E-state index contributed by atoms with van der Waals surface area (Å²) in [6.45, 7) is 1.68. The van der Waals surface area contributed by atoms with Crippen LogP contribution in [0.1, 0.15) is 55.6 Å². The average Bonchev–Trinajstić information content (AvgIpc) is 3.01. The van der Waals surface area contributed by atoms with E-state index in [-0.39, 0.29) is 0 Å². The molecule has 0 spiro atoms. The lowest BCUT2D eigenvalue weighted by Gasteiger charge is -2.33. The van der Waals surface area contributed by atoms with Gasteiger partial charge in [0.2, 0.25) is 0 Å². The Hall–Kier alpha value is -1.33. The van der Waals surface area contributed by atoms with Crippen LogP contribution >= 0.6 is 0 Å². The summed E-state index contributed by atoms with van der Waals surface area (Å²) in [5.74, 6) is 0.633. The van der Waals surface area contributed by atoms with Gasteiger partial charge in [-0.1, -0.05) is 37.1 Å². The Labute approximate surface area is 122 Å². The van der Waals surface area contributed by atoms with Crippen LogP contribution in [0.2, 0.25) is 0 Å². The minimum absolute atomic E-state index is 0.601. The van der Waals surface area contributed by atoms with E-state index in [1.807, 2.05) is 0 Å². The Morgan fingerprint density at radius 1 is 1.10 bits per heavy atom. The van der Waals surface area contributed by atoms with Gasteiger partial charge in [-0.2, -0.15) is 5.26 Å². The molecule has 0 N–H and O–H groups in total. The van der Waals surface area contributed by atoms with Crippen LogP contribution in [0.3, 0.4) is 0 Å². The molecule has 2 heteroatoms. The highest BCUT2D eigenvalue weighted by Crippen LogP contribution is 2.34. The number of nitrogens with zero attached hydrogens (tertiary/aromatic N) is 2.